The number of thiophene rings is 1. The molecular formula is C13H14N2O4S2. The number of nitrogens with two attached hydrogens (primary N) is 1. The number of anilines is 2. The lowest BCUT2D eigenvalue weighted by atomic mass is 10.3. The predicted molar refractivity (Wildman–Crippen MR) is 81.9 cm³/mol. The van der Waals surface area contributed by atoms with Gasteiger partial charge in [0.2, 0.25) is 0 Å². The summed E-state index contributed by atoms with van der Waals surface area (Å²) in [5.74, 6) is -0.572. The molecule has 2 aromatic rings. The number of rotatable bonds is 5. The Hall–Kier alpha value is -2.06. The SMILES string of the molecule is CCOC(=O)c1ccsc1NS(=O)(=O)c1ccccc1N. The van der Waals surface area contributed by atoms with Crippen LogP contribution in [0.3, 0.4) is 0 Å². The zero-order valence-electron chi connectivity index (χ0n) is 11.2. The fourth-order valence-corrected chi connectivity index (χ4v) is 3.90. The standard InChI is InChI=1S/C13H14N2O4S2/c1-2-19-13(16)9-7-8-20-12(9)15-21(17,18)11-6-4-3-5-10(11)14/h3-8,15H,2,14H2,1H3. The van der Waals surface area contributed by atoms with E-state index in [1.54, 1.807) is 24.4 Å². The highest BCUT2D eigenvalue weighted by Gasteiger charge is 2.22. The highest BCUT2D eigenvalue weighted by molar-refractivity contribution is 7.93. The van der Waals surface area contributed by atoms with E-state index in [4.69, 9.17) is 10.5 Å². The summed E-state index contributed by atoms with van der Waals surface area (Å²) in [5, 5.41) is 1.81. The Bertz CT molecular complexity index is 753. The molecule has 21 heavy (non-hydrogen) atoms. The van der Waals surface area contributed by atoms with Crippen LogP contribution < -0.4 is 10.5 Å². The van der Waals surface area contributed by atoms with E-state index in [9.17, 15) is 13.2 Å². The van der Waals surface area contributed by atoms with Crippen LogP contribution in [0.2, 0.25) is 0 Å². The molecule has 0 aliphatic heterocycles. The van der Waals surface area contributed by atoms with Crippen molar-refractivity contribution in [3.05, 3.63) is 41.3 Å². The summed E-state index contributed by atoms with van der Waals surface area (Å²) in [6.07, 6.45) is 0. The van der Waals surface area contributed by atoms with Crippen LogP contribution in [-0.4, -0.2) is 21.0 Å². The van der Waals surface area contributed by atoms with Gasteiger partial charge in [0.05, 0.1) is 17.9 Å². The van der Waals surface area contributed by atoms with Gasteiger partial charge in [-0.25, -0.2) is 13.2 Å². The lowest BCUT2D eigenvalue weighted by Crippen LogP contribution is -2.16. The monoisotopic (exact) mass is 326 g/mol. The second-order valence-corrected chi connectivity index (χ2v) is 6.59. The fraction of sp³-hybridized carbons (Fsp3) is 0.154. The van der Waals surface area contributed by atoms with Crippen LogP contribution in [0.4, 0.5) is 10.7 Å². The van der Waals surface area contributed by atoms with Crippen molar-refractivity contribution in [1.82, 2.24) is 0 Å². The number of sulfonamides is 1. The summed E-state index contributed by atoms with van der Waals surface area (Å²) in [7, 11) is -3.86. The molecule has 1 heterocycles. The number of nitrogen functional groups attached to an aromatic ring is 1. The second kappa shape index (κ2) is 6.15. The van der Waals surface area contributed by atoms with Gasteiger partial charge in [-0.1, -0.05) is 12.1 Å². The number of ether oxygens (including phenoxy) is 1. The first-order chi connectivity index (χ1) is 9.95. The number of hydrogen-bond acceptors (Lipinski definition) is 6. The van der Waals surface area contributed by atoms with E-state index in [0.29, 0.717) is 0 Å². The van der Waals surface area contributed by atoms with Crippen molar-refractivity contribution in [2.24, 2.45) is 0 Å². The van der Waals surface area contributed by atoms with Gasteiger partial charge in [0.15, 0.2) is 0 Å². The Kier molecular flexibility index (Phi) is 4.49. The molecule has 0 amide bonds. The summed E-state index contributed by atoms with van der Waals surface area (Å²) in [5.41, 5.74) is 5.99. The average molecular weight is 326 g/mol. The van der Waals surface area contributed by atoms with Crippen LogP contribution >= 0.6 is 11.3 Å². The Labute approximate surface area is 126 Å². The van der Waals surface area contributed by atoms with Gasteiger partial charge in [-0.15, -0.1) is 11.3 Å². The first-order valence-corrected chi connectivity index (χ1v) is 8.44. The number of para-hydroxylation sites is 1. The van der Waals surface area contributed by atoms with Crippen LogP contribution in [-0.2, 0) is 14.8 Å². The van der Waals surface area contributed by atoms with E-state index >= 15 is 0 Å². The van der Waals surface area contributed by atoms with Crippen LogP contribution in [0.5, 0.6) is 0 Å². The third-order valence-electron chi connectivity index (χ3n) is 2.60. The van der Waals surface area contributed by atoms with Gasteiger partial charge in [0.1, 0.15) is 9.90 Å². The van der Waals surface area contributed by atoms with E-state index in [1.807, 2.05) is 0 Å². The number of esters is 1. The summed E-state index contributed by atoms with van der Waals surface area (Å²) in [4.78, 5) is 11.7. The van der Waals surface area contributed by atoms with Gasteiger partial charge < -0.3 is 10.5 Å². The molecule has 1 aromatic heterocycles. The highest BCUT2D eigenvalue weighted by atomic mass is 32.2. The van der Waals surface area contributed by atoms with E-state index in [-0.39, 0.29) is 27.8 Å². The molecule has 0 aliphatic carbocycles. The third kappa shape index (κ3) is 3.34. The molecule has 0 saturated carbocycles. The predicted octanol–water partition coefficient (Wildman–Crippen LogP) is 2.31. The summed E-state index contributed by atoms with van der Waals surface area (Å²) in [6, 6.07) is 7.62. The van der Waals surface area contributed by atoms with Crippen LogP contribution in [0.1, 0.15) is 17.3 Å². The van der Waals surface area contributed by atoms with E-state index in [0.717, 1.165) is 11.3 Å². The van der Waals surface area contributed by atoms with Crippen molar-refractivity contribution in [1.29, 1.82) is 0 Å². The maximum absolute atomic E-state index is 12.3. The maximum Gasteiger partial charge on any atom is 0.341 e. The number of benzene rings is 1. The number of nitrogens with one attached hydrogen (secondary N) is 1. The first-order valence-electron chi connectivity index (χ1n) is 6.07. The zero-order chi connectivity index (χ0) is 15.5. The van der Waals surface area contributed by atoms with Crippen LogP contribution in [0, 0.1) is 0 Å². The molecule has 0 spiro atoms. The Morgan fingerprint density at radius 2 is 2.05 bits per heavy atom. The quantitative estimate of drug-likeness (QED) is 0.649. The molecule has 112 valence electrons. The van der Waals surface area contributed by atoms with E-state index < -0.39 is 16.0 Å². The molecule has 8 heteroatoms. The van der Waals surface area contributed by atoms with Gasteiger partial charge in [-0.05, 0) is 30.5 Å². The van der Waals surface area contributed by atoms with Gasteiger partial charge in [-0.3, -0.25) is 4.72 Å². The molecule has 0 radical (unpaired) electrons. The van der Waals surface area contributed by atoms with Crippen molar-refractivity contribution >= 4 is 38.0 Å². The van der Waals surface area contributed by atoms with Crippen LogP contribution in [0.15, 0.2) is 40.6 Å². The maximum atomic E-state index is 12.3. The van der Waals surface area contributed by atoms with Gasteiger partial charge in [0.25, 0.3) is 10.0 Å². The largest absolute Gasteiger partial charge is 0.462 e. The molecule has 6 nitrogen and oxygen atoms in total. The van der Waals surface area contributed by atoms with Gasteiger partial charge >= 0.3 is 5.97 Å². The summed E-state index contributed by atoms with van der Waals surface area (Å²) < 4.78 is 31.9. The second-order valence-electron chi connectivity index (χ2n) is 4.03. The molecule has 1 aromatic carbocycles. The van der Waals surface area contributed by atoms with Crippen molar-refractivity contribution in [2.75, 3.05) is 17.1 Å². The highest BCUT2D eigenvalue weighted by Crippen LogP contribution is 2.28. The topological polar surface area (TPSA) is 98.5 Å². The normalized spacial score (nSPS) is 11.1. The summed E-state index contributed by atoms with van der Waals surface area (Å²) in [6.45, 7) is 1.89. The van der Waals surface area contributed by atoms with Crippen molar-refractivity contribution < 1.29 is 17.9 Å². The third-order valence-corrected chi connectivity index (χ3v) is 4.98. The number of carbonyl (C=O) groups is 1. The number of hydrogen-bond donors (Lipinski definition) is 2. The Morgan fingerprint density at radius 3 is 2.71 bits per heavy atom. The first kappa shape index (κ1) is 15.3. The van der Waals surface area contributed by atoms with Gasteiger partial charge in [0, 0.05) is 0 Å². The minimum Gasteiger partial charge on any atom is -0.462 e. The van der Waals surface area contributed by atoms with E-state index in [2.05, 4.69) is 4.72 Å². The minimum atomic E-state index is -3.86. The fourth-order valence-electron chi connectivity index (χ4n) is 1.66. The molecular weight excluding hydrogens is 312 g/mol. The Morgan fingerprint density at radius 1 is 1.33 bits per heavy atom. The van der Waals surface area contributed by atoms with Crippen LogP contribution in [0.25, 0.3) is 0 Å². The van der Waals surface area contributed by atoms with Gasteiger partial charge in [-0.2, -0.15) is 0 Å². The molecule has 0 saturated heterocycles. The molecule has 0 aliphatic rings. The number of carbonyl (C=O) groups excluding carboxylic acids is 1. The molecule has 0 atom stereocenters. The zero-order valence-corrected chi connectivity index (χ0v) is 12.8. The lowest BCUT2D eigenvalue weighted by molar-refractivity contribution is 0.0528. The van der Waals surface area contributed by atoms with Crippen molar-refractivity contribution in [2.45, 2.75) is 11.8 Å². The van der Waals surface area contributed by atoms with E-state index in [1.165, 1.54) is 18.2 Å². The molecule has 0 unspecified atom stereocenters. The Balaban J connectivity index is 2.33. The average Bonchev–Trinajstić information content (AvgIpc) is 2.86. The van der Waals surface area contributed by atoms with Crippen molar-refractivity contribution in [3.63, 3.8) is 0 Å². The summed E-state index contributed by atoms with van der Waals surface area (Å²) >= 11 is 1.10. The smallest absolute Gasteiger partial charge is 0.341 e. The molecule has 0 bridgehead atoms. The lowest BCUT2D eigenvalue weighted by Gasteiger charge is -2.10. The molecule has 3 N–H and O–H groups in total. The molecule has 0 fully saturated rings. The minimum absolute atomic E-state index is 0.0341. The van der Waals surface area contributed by atoms with Crippen molar-refractivity contribution in [3.8, 4) is 0 Å². The molecule has 2 rings (SSSR count).